The van der Waals surface area contributed by atoms with E-state index in [1.807, 2.05) is 0 Å². The maximum Gasteiger partial charge on any atom is 0.402 e. The average Bonchev–Trinajstić information content (AvgIpc) is 2.59. The molecule has 1 heterocycles. The number of aliphatic hydroxyl groups excluding tert-OH is 1. The maximum atomic E-state index is 12.4. The van der Waals surface area contributed by atoms with Crippen molar-refractivity contribution in [3.8, 4) is 0 Å². The number of sulfonamides is 1. The highest BCUT2D eigenvalue weighted by molar-refractivity contribution is 7.89. The molecule has 1 N–H and O–H groups in total. The van der Waals surface area contributed by atoms with Crippen LogP contribution in [0.1, 0.15) is 17.8 Å². The van der Waals surface area contributed by atoms with Gasteiger partial charge in [-0.25, -0.2) is 8.42 Å². The van der Waals surface area contributed by atoms with Gasteiger partial charge in [0.1, 0.15) is 11.4 Å². The second kappa shape index (κ2) is 6.32. The number of hydrogen-bond donors (Lipinski definition) is 1. The van der Waals surface area contributed by atoms with Gasteiger partial charge in [0.05, 0.1) is 11.4 Å². The number of rotatable bonds is 6. The highest BCUT2D eigenvalue weighted by Crippen LogP contribution is 2.25. The van der Waals surface area contributed by atoms with Crippen LogP contribution in [0.5, 0.6) is 0 Å². The van der Waals surface area contributed by atoms with E-state index < -0.39 is 22.7 Å². The summed E-state index contributed by atoms with van der Waals surface area (Å²) in [6.45, 7) is 1.55. The second-order valence-electron chi connectivity index (χ2n) is 4.68. The highest BCUT2D eigenvalue weighted by atomic mass is 32.2. The first-order chi connectivity index (χ1) is 9.50. The van der Waals surface area contributed by atoms with Crippen molar-refractivity contribution in [2.45, 2.75) is 37.9 Å². The van der Waals surface area contributed by atoms with Gasteiger partial charge >= 0.3 is 6.18 Å². The Morgan fingerprint density at radius 1 is 1.33 bits per heavy atom. The van der Waals surface area contributed by atoms with E-state index in [-0.39, 0.29) is 27.2 Å². The third-order valence-corrected chi connectivity index (χ3v) is 4.97. The van der Waals surface area contributed by atoms with Gasteiger partial charge < -0.3 is 5.11 Å². The van der Waals surface area contributed by atoms with Gasteiger partial charge in [-0.1, -0.05) is 0 Å². The lowest BCUT2D eigenvalue weighted by atomic mass is 10.4. The summed E-state index contributed by atoms with van der Waals surface area (Å²) >= 11 is 0. The number of hydrogen-bond acceptors (Lipinski definition) is 4. The summed E-state index contributed by atoms with van der Waals surface area (Å²) in [7, 11) is -3.39. The van der Waals surface area contributed by atoms with Crippen LogP contribution in [0.15, 0.2) is 4.90 Å². The summed E-state index contributed by atoms with van der Waals surface area (Å²) in [6.07, 6.45) is -4.24. The molecule has 0 radical (unpaired) electrons. The number of alkyl halides is 3. The van der Waals surface area contributed by atoms with Gasteiger partial charge in [0.15, 0.2) is 0 Å². The van der Waals surface area contributed by atoms with Gasteiger partial charge in [-0.3, -0.25) is 4.68 Å². The van der Waals surface area contributed by atoms with Gasteiger partial charge in [-0.05, 0) is 20.3 Å². The van der Waals surface area contributed by atoms with Crippen LogP contribution in [-0.2, 0) is 16.6 Å². The first-order valence-electron chi connectivity index (χ1n) is 6.18. The molecule has 1 aromatic rings. The Kier molecular flexibility index (Phi) is 5.40. The predicted molar refractivity (Wildman–Crippen MR) is 69.3 cm³/mol. The van der Waals surface area contributed by atoms with Crippen LogP contribution in [0.2, 0.25) is 0 Å². The van der Waals surface area contributed by atoms with Gasteiger partial charge in [-0.15, -0.1) is 0 Å². The van der Waals surface area contributed by atoms with Crippen molar-refractivity contribution < 1.29 is 26.7 Å². The minimum Gasteiger partial charge on any atom is -0.396 e. The molecule has 0 aliphatic rings. The first-order valence-corrected chi connectivity index (χ1v) is 7.62. The van der Waals surface area contributed by atoms with Crippen molar-refractivity contribution in [3.63, 3.8) is 0 Å². The molecule has 0 saturated heterocycles. The minimum absolute atomic E-state index is 0.0889. The van der Waals surface area contributed by atoms with Crippen LogP contribution in [0.3, 0.4) is 0 Å². The van der Waals surface area contributed by atoms with E-state index in [1.54, 1.807) is 0 Å². The minimum atomic E-state index is -4.61. The molecule has 10 heteroatoms. The number of halogens is 3. The number of aryl methyl sites for hydroxylation is 2. The Morgan fingerprint density at radius 2 is 1.90 bits per heavy atom. The average molecular weight is 329 g/mol. The van der Waals surface area contributed by atoms with Gasteiger partial charge in [0, 0.05) is 20.2 Å². The number of aromatic nitrogens is 2. The Labute approximate surface area is 121 Å². The van der Waals surface area contributed by atoms with Crippen LogP contribution in [0.4, 0.5) is 13.2 Å². The lowest BCUT2D eigenvalue weighted by Crippen LogP contribution is -2.36. The molecule has 0 aliphatic heterocycles. The standard InChI is InChI=1S/C11H18F3N3O3S/c1-8-10(9(2)17(15-8)5-4-6-18)21(19,20)16(3)7-11(12,13)14/h18H,4-7H2,1-3H3. The molecule has 1 aromatic heterocycles. The molecule has 1 rings (SSSR count). The van der Waals surface area contributed by atoms with Crippen LogP contribution < -0.4 is 0 Å². The third kappa shape index (κ3) is 4.17. The van der Waals surface area contributed by atoms with Crippen molar-refractivity contribution in [1.29, 1.82) is 0 Å². The molecule has 6 nitrogen and oxygen atoms in total. The summed E-state index contributed by atoms with van der Waals surface area (Å²) in [6, 6.07) is 0. The van der Waals surface area contributed by atoms with E-state index in [2.05, 4.69) is 5.10 Å². The maximum absolute atomic E-state index is 12.4. The molecule has 0 bridgehead atoms. The van der Waals surface area contributed by atoms with E-state index in [4.69, 9.17) is 5.11 Å². The lowest BCUT2D eigenvalue weighted by Gasteiger charge is -2.19. The Morgan fingerprint density at radius 3 is 2.38 bits per heavy atom. The fraction of sp³-hybridized carbons (Fsp3) is 0.727. The second-order valence-corrected chi connectivity index (χ2v) is 6.66. The Balaban J connectivity index is 3.17. The molecule has 0 amide bonds. The molecule has 0 spiro atoms. The van der Waals surface area contributed by atoms with E-state index in [0.717, 1.165) is 7.05 Å². The summed E-state index contributed by atoms with van der Waals surface area (Å²) in [5, 5.41) is 12.8. The van der Waals surface area contributed by atoms with Crippen molar-refractivity contribution in [2.75, 3.05) is 20.2 Å². The van der Waals surface area contributed by atoms with E-state index in [9.17, 15) is 21.6 Å². The summed E-state index contributed by atoms with van der Waals surface area (Å²) in [4.78, 5) is -0.216. The molecular formula is C11H18F3N3O3S. The largest absolute Gasteiger partial charge is 0.402 e. The van der Waals surface area contributed by atoms with E-state index in [1.165, 1.54) is 18.5 Å². The van der Waals surface area contributed by atoms with Gasteiger partial charge in [0.25, 0.3) is 0 Å². The van der Waals surface area contributed by atoms with Crippen molar-refractivity contribution >= 4 is 10.0 Å². The van der Waals surface area contributed by atoms with Gasteiger partial charge in [0.2, 0.25) is 10.0 Å². The fourth-order valence-electron chi connectivity index (χ4n) is 1.99. The number of aliphatic hydroxyl groups is 1. The van der Waals surface area contributed by atoms with Gasteiger partial charge in [-0.2, -0.15) is 22.6 Å². The Bertz CT molecular complexity index is 596. The molecule has 122 valence electrons. The Hall–Kier alpha value is -1.13. The lowest BCUT2D eigenvalue weighted by molar-refractivity contribution is -0.134. The summed E-state index contributed by atoms with van der Waals surface area (Å²) < 4.78 is 63.3. The van der Waals surface area contributed by atoms with E-state index >= 15 is 0 Å². The zero-order chi connectivity index (χ0) is 16.4. The fourth-order valence-corrected chi connectivity index (χ4v) is 3.51. The third-order valence-electron chi connectivity index (χ3n) is 2.91. The molecule has 0 saturated carbocycles. The summed E-state index contributed by atoms with van der Waals surface area (Å²) in [5.74, 6) is 0. The smallest absolute Gasteiger partial charge is 0.396 e. The molecule has 0 fully saturated rings. The normalized spacial score (nSPS) is 13.1. The quantitative estimate of drug-likeness (QED) is 0.847. The molecule has 0 aromatic carbocycles. The molecule has 21 heavy (non-hydrogen) atoms. The first kappa shape index (κ1) is 17.9. The van der Waals surface area contributed by atoms with Crippen LogP contribution >= 0.6 is 0 Å². The molecule has 0 aliphatic carbocycles. The monoisotopic (exact) mass is 329 g/mol. The van der Waals surface area contributed by atoms with Crippen molar-refractivity contribution in [3.05, 3.63) is 11.4 Å². The van der Waals surface area contributed by atoms with Crippen molar-refractivity contribution in [1.82, 2.24) is 14.1 Å². The van der Waals surface area contributed by atoms with E-state index in [0.29, 0.717) is 13.0 Å². The molecule has 0 atom stereocenters. The van der Waals surface area contributed by atoms with Crippen molar-refractivity contribution in [2.24, 2.45) is 0 Å². The molecular weight excluding hydrogens is 311 g/mol. The van der Waals surface area contributed by atoms with Crippen LogP contribution in [0.25, 0.3) is 0 Å². The zero-order valence-corrected chi connectivity index (χ0v) is 12.8. The molecule has 0 unspecified atom stereocenters. The zero-order valence-electron chi connectivity index (χ0n) is 12.0. The van der Waals surface area contributed by atoms with Crippen LogP contribution in [0, 0.1) is 13.8 Å². The predicted octanol–water partition coefficient (Wildman–Crippen LogP) is 1.07. The number of nitrogens with zero attached hydrogens (tertiary/aromatic N) is 3. The highest BCUT2D eigenvalue weighted by Gasteiger charge is 2.37. The van der Waals surface area contributed by atoms with Crippen LogP contribution in [-0.4, -0.2) is 54.0 Å². The topological polar surface area (TPSA) is 75.4 Å². The SMILES string of the molecule is Cc1nn(CCCO)c(C)c1S(=O)(=O)N(C)CC(F)(F)F. The summed E-state index contributed by atoms with van der Waals surface area (Å²) in [5.41, 5.74) is 0.398.